The van der Waals surface area contributed by atoms with Crippen molar-refractivity contribution in [1.29, 1.82) is 0 Å². The molecular weight excluding hydrogens is 134 g/mol. The topological polar surface area (TPSA) is 3.24 Å². The fourth-order valence-corrected chi connectivity index (χ4v) is 2.53. The number of allylic oxidation sites excluding steroid dienone is 1. The van der Waals surface area contributed by atoms with Crippen molar-refractivity contribution in [3.05, 3.63) is 11.6 Å². The number of hydrogen-bond donors (Lipinski definition) is 0. The highest BCUT2D eigenvalue weighted by Crippen LogP contribution is 2.40. The minimum atomic E-state index is 0.543. The Kier molecular flexibility index (Phi) is 1.57. The van der Waals surface area contributed by atoms with E-state index in [1.165, 1.54) is 32.4 Å². The van der Waals surface area contributed by atoms with Crippen LogP contribution in [0.2, 0.25) is 0 Å². The van der Waals surface area contributed by atoms with E-state index in [1.54, 1.807) is 5.57 Å². The van der Waals surface area contributed by atoms with Gasteiger partial charge in [-0.2, -0.15) is 0 Å². The Hall–Kier alpha value is -0.300. The molecule has 0 amide bonds. The van der Waals surface area contributed by atoms with Crippen molar-refractivity contribution in [2.45, 2.75) is 38.6 Å². The second-order valence-electron chi connectivity index (χ2n) is 4.15. The molecule has 0 unspecified atom stereocenters. The average molecular weight is 151 g/mol. The van der Waals surface area contributed by atoms with E-state index in [2.05, 4.69) is 24.8 Å². The Bertz CT molecular complexity index is 195. The van der Waals surface area contributed by atoms with Gasteiger partial charge in [-0.1, -0.05) is 11.6 Å². The third-order valence-electron chi connectivity index (χ3n) is 3.32. The van der Waals surface area contributed by atoms with E-state index in [0.29, 0.717) is 5.54 Å². The number of nitrogens with zero attached hydrogens (tertiary/aromatic N) is 1. The van der Waals surface area contributed by atoms with Gasteiger partial charge in [-0.25, -0.2) is 0 Å². The Labute approximate surface area is 69.1 Å². The van der Waals surface area contributed by atoms with Crippen molar-refractivity contribution in [2.75, 3.05) is 13.1 Å². The third kappa shape index (κ3) is 1.02. The van der Waals surface area contributed by atoms with Crippen LogP contribution in [0, 0.1) is 0 Å². The first-order valence-electron chi connectivity index (χ1n) is 4.64. The molecule has 0 saturated carbocycles. The van der Waals surface area contributed by atoms with Crippen molar-refractivity contribution in [2.24, 2.45) is 0 Å². The molecule has 2 rings (SSSR count). The van der Waals surface area contributed by atoms with Crippen LogP contribution in [0.25, 0.3) is 0 Å². The lowest BCUT2D eigenvalue weighted by atomic mass is 9.95. The lowest BCUT2D eigenvalue weighted by Gasteiger charge is -2.25. The number of rotatable bonds is 0. The molecule has 0 aromatic heterocycles. The monoisotopic (exact) mass is 151 g/mol. The zero-order valence-electron chi connectivity index (χ0n) is 7.56. The smallest absolute Gasteiger partial charge is 0.0222 e. The van der Waals surface area contributed by atoms with E-state index in [0.717, 1.165) is 0 Å². The minimum absolute atomic E-state index is 0.543. The SMILES string of the molecule is C/C=C1\CN2CCC[C@@]2(C)C1. The lowest BCUT2D eigenvalue weighted by Crippen LogP contribution is -2.34. The molecule has 1 nitrogen and oxygen atoms in total. The first kappa shape index (κ1) is 7.35. The predicted octanol–water partition coefficient (Wildman–Crippen LogP) is 2.19. The van der Waals surface area contributed by atoms with Crippen LogP contribution >= 0.6 is 0 Å². The number of hydrogen-bond acceptors (Lipinski definition) is 1. The van der Waals surface area contributed by atoms with Gasteiger partial charge < -0.3 is 0 Å². The van der Waals surface area contributed by atoms with Gasteiger partial charge in [0.05, 0.1) is 0 Å². The first-order valence-corrected chi connectivity index (χ1v) is 4.64. The Morgan fingerprint density at radius 3 is 3.00 bits per heavy atom. The average Bonchev–Trinajstić information content (AvgIpc) is 2.42. The van der Waals surface area contributed by atoms with Gasteiger partial charge in [-0.3, -0.25) is 4.90 Å². The quantitative estimate of drug-likeness (QED) is 0.480. The Morgan fingerprint density at radius 2 is 2.36 bits per heavy atom. The molecule has 2 fully saturated rings. The maximum absolute atomic E-state index is 2.64. The molecule has 2 aliphatic heterocycles. The fraction of sp³-hybridized carbons (Fsp3) is 0.800. The maximum Gasteiger partial charge on any atom is 0.0222 e. The molecule has 0 spiro atoms. The van der Waals surface area contributed by atoms with Crippen LogP contribution in [0.3, 0.4) is 0 Å². The molecule has 2 saturated heterocycles. The molecule has 0 aromatic rings. The Balaban J connectivity index is 2.19. The third-order valence-corrected chi connectivity index (χ3v) is 3.32. The summed E-state index contributed by atoms with van der Waals surface area (Å²) in [5.41, 5.74) is 2.19. The standard InChI is InChI=1S/C10H17N/c1-3-9-7-10(2)5-4-6-11(10)8-9/h3H,4-8H2,1-2H3/b9-3-/t10-/m0/s1. The molecule has 0 aliphatic carbocycles. The summed E-state index contributed by atoms with van der Waals surface area (Å²) in [5.74, 6) is 0. The normalized spacial score (nSPS) is 41.8. The molecule has 62 valence electrons. The van der Waals surface area contributed by atoms with Gasteiger partial charge in [0, 0.05) is 12.1 Å². The molecule has 1 heteroatoms. The van der Waals surface area contributed by atoms with Crippen molar-refractivity contribution in [3.8, 4) is 0 Å². The lowest BCUT2D eigenvalue weighted by molar-refractivity contribution is 0.218. The van der Waals surface area contributed by atoms with Gasteiger partial charge >= 0.3 is 0 Å². The highest BCUT2D eigenvalue weighted by molar-refractivity contribution is 5.18. The van der Waals surface area contributed by atoms with Crippen LogP contribution in [-0.2, 0) is 0 Å². The molecule has 0 radical (unpaired) electrons. The van der Waals surface area contributed by atoms with Crippen molar-refractivity contribution < 1.29 is 0 Å². The summed E-state index contributed by atoms with van der Waals surface area (Å²) in [7, 11) is 0. The summed E-state index contributed by atoms with van der Waals surface area (Å²) in [5, 5.41) is 0. The summed E-state index contributed by atoms with van der Waals surface area (Å²) in [4.78, 5) is 2.64. The van der Waals surface area contributed by atoms with E-state index in [9.17, 15) is 0 Å². The van der Waals surface area contributed by atoms with Crippen LogP contribution in [0.1, 0.15) is 33.1 Å². The van der Waals surface area contributed by atoms with Gasteiger partial charge in [-0.05, 0) is 39.7 Å². The van der Waals surface area contributed by atoms with Crippen LogP contribution in [0.4, 0.5) is 0 Å². The molecule has 2 aliphatic rings. The van der Waals surface area contributed by atoms with Crippen LogP contribution in [0.5, 0.6) is 0 Å². The highest BCUT2D eigenvalue weighted by atomic mass is 15.2. The molecular formula is C10H17N. The van der Waals surface area contributed by atoms with E-state index in [1.807, 2.05) is 0 Å². The van der Waals surface area contributed by atoms with Crippen molar-refractivity contribution in [1.82, 2.24) is 4.90 Å². The first-order chi connectivity index (χ1) is 5.24. The van der Waals surface area contributed by atoms with E-state index < -0.39 is 0 Å². The Morgan fingerprint density at radius 1 is 1.55 bits per heavy atom. The van der Waals surface area contributed by atoms with Gasteiger partial charge in [0.1, 0.15) is 0 Å². The van der Waals surface area contributed by atoms with E-state index in [4.69, 9.17) is 0 Å². The summed E-state index contributed by atoms with van der Waals surface area (Å²) in [6.45, 7) is 7.15. The highest BCUT2D eigenvalue weighted by Gasteiger charge is 2.41. The molecule has 0 N–H and O–H groups in total. The van der Waals surface area contributed by atoms with Gasteiger partial charge in [0.15, 0.2) is 0 Å². The van der Waals surface area contributed by atoms with Crippen LogP contribution in [-0.4, -0.2) is 23.5 Å². The summed E-state index contributed by atoms with van der Waals surface area (Å²) in [6.07, 6.45) is 6.44. The molecule has 2 heterocycles. The van der Waals surface area contributed by atoms with Crippen molar-refractivity contribution in [3.63, 3.8) is 0 Å². The zero-order valence-corrected chi connectivity index (χ0v) is 7.56. The molecule has 11 heavy (non-hydrogen) atoms. The second kappa shape index (κ2) is 2.34. The largest absolute Gasteiger partial charge is 0.294 e. The van der Waals surface area contributed by atoms with Gasteiger partial charge in [-0.15, -0.1) is 0 Å². The van der Waals surface area contributed by atoms with Gasteiger partial charge in [0.25, 0.3) is 0 Å². The summed E-state index contributed by atoms with van der Waals surface area (Å²) < 4.78 is 0. The predicted molar refractivity (Wildman–Crippen MR) is 47.6 cm³/mol. The molecule has 0 aromatic carbocycles. The molecule has 0 bridgehead atoms. The second-order valence-corrected chi connectivity index (χ2v) is 4.15. The van der Waals surface area contributed by atoms with E-state index in [-0.39, 0.29) is 0 Å². The summed E-state index contributed by atoms with van der Waals surface area (Å²) >= 11 is 0. The molecule has 1 atom stereocenters. The summed E-state index contributed by atoms with van der Waals surface area (Å²) in [6, 6.07) is 0. The zero-order chi connectivity index (χ0) is 7.90. The van der Waals surface area contributed by atoms with Crippen LogP contribution in [0.15, 0.2) is 11.6 Å². The number of fused-ring (bicyclic) bond motifs is 1. The van der Waals surface area contributed by atoms with Crippen molar-refractivity contribution >= 4 is 0 Å². The fourth-order valence-electron chi connectivity index (χ4n) is 2.53. The maximum atomic E-state index is 2.64. The minimum Gasteiger partial charge on any atom is -0.294 e. The van der Waals surface area contributed by atoms with E-state index >= 15 is 0 Å². The van der Waals surface area contributed by atoms with Crippen LogP contribution < -0.4 is 0 Å². The van der Waals surface area contributed by atoms with Gasteiger partial charge in [0.2, 0.25) is 0 Å².